The lowest BCUT2D eigenvalue weighted by molar-refractivity contribution is -0.142. The number of halogens is 1. The third kappa shape index (κ3) is 1.90. The first kappa shape index (κ1) is 11.3. The molecular formula is C12H13IN2O2. The van der Waals surface area contributed by atoms with Crippen molar-refractivity contribution in [2.45, 2.75) is 0 Å². The summed E-state index contributed by atoms with van der Waals surface area (Å²) < 4.78 is 5.93. The molecule has 0 spiro atoms. The molecule has 1 saturated heterocycles. The first-order valence-electron chi connectivity index (χ1n) is 5.65. The van der Waals surface area contributed by atoms with Gasteiger partial charge in [-0.1, -0.05) is 0 Å². The van der Waals surface area contributed by atoms with Crippen LogP contribution in [0, 0.1) is 21.3 Å². The lowest BCUT2D eigenvalue weighted by atomic mass is 10.2. The van der Waals surface area contributed by atoms with E-state index in [0.29, 0.717) is 11.8 Å². The largest absolute Gasteiger partial charge is 0.469 e. The molecule has 0 amide bonds. The van der Waals surface area contributed by atoms with Crippen LogP contribution in [0.15, 0.2) is 18.3 Å². The van der Waals surface area contributed by atoms with Crippen LogP contribution in [0.5, 0.6) is 0 Å². The highest BCUT2D eigenvalue weighted by Gasteiger charge is 2.60. The average molecular weight is 344 g/mol. The van der Waals surface area contributed by atoms with Crippen molar-refractivity contribution < 1.29 is 9.53 Å². The van der Waals surface area contributed by atoms with Gasteiger partial charge in [0.15, 0.2) is 0 Å². The lowest BCUT2D eigenvalue weighted by Gasteiger charge is -2.20. The number of hydrogen-bond donors (Lipinski definition) is 0. The van der Waals surface area contributed by atoms with Crippen molar-refractivity contribution in [3.8, 4) is 0 Å². The third-order valence-corrected chi connectivity index (χ3v) is 4.34. The second-order valence-electron chi connectivity index (χ2n) is 4.62. The molecule has 3 atom stereocenters. The Morgan fingerprint density at radius 2 is 2.18 bits per heavy atom. The highest BCUT2D eigenvalue weighted by atomic mass is 127. The van der Waals surface area contributed by atoms with Crippen LogP contribution >= 0.6 is 22.6 Å². The molecule has 2 aliphatic rings. The predicted octanol–water partition coefficient (Wildman–Crippen LogP) is 1.54. The van der Waals surface area contributed by atoms with Gasteiger partial charge in [-0.15, -0.1) is 0 Å². The number of anilines is 1. The Morgan fingerprint density at radius 3 is 2.71 bits per heavy atom. The molecule has 3 rings (SSSR count). The molecule has 0 bridgehead atoms. The molecule has 5 heteroatoms. The molecule has 0 radical (unpaired) electrons. The molecule has 17 heavy (non-hydrogen) atoms. The standard InChI is InChI=1S/C12H13IN2O2/c1-17-12(16)11-8-5-15(6-9(8)11)10-3-2-7(13)4-14-10/h2-4,8-9,11H,5-6H2,1H3/t8-,9+,11?. The van der Waals surface area contributed by atoms with Crippen LogP contribution in [-0.4, -0.2) is 31.2 Å². The molecule has 0 aromatic carbocycles. The second-order valence-corrected chi connectivity index (χ2v) is 5.86. The molecule has 0 N–H and O–H groups in total. The fourth-order valence-electron chi connectivity index (χ4n) is 2.75. The van der Waals surface area contributed by atoms with Gasteiger partial charge in [-0.2, -0.15) is 0 Å². The third-order valence-electron chi connectivity index (χ3n) is 3.70. The van der Waals surface area contributed by atoms with Crippen molar-refractivity contribution in [1.29, 1.82) is 0 Å². The molecule has 4 nitrogen and oxygen atoms in total. The van der Waals surface area contributed by atoms with E-state index in [2.05, 4.69) is 38.5 Å². The zero-order chi connectivity index (χ0) is 12.0. The lowest BCUT2D eigenvalue weighted by Crippen LogP contribution is -2.27. The second kappa shape index (κ2) is 4.12. The Bertz CT molecular complexity index is 436. The van der Waals surface area contributed by atoms with Crippen molar-refractivity contribution in [1.82, 2.24) is 4.98 Å². The summed E-state index contributed by atoms with van der Waals surface area (Å²) in [5.41, 5.74) is 0. The number of aromatic nitrogens is 1. The molecule has 2 fully saturated rings. The molecule has 1 aliphatic carbocycles. The van der Waals surface area contributed by atoms with Gasteiger partial charge in [0.05, 0.1) is 13.0 Å². The summed E-state index contributed by atoms with van der Waals surface area (Å²) in [4.78, 5) is 18.1. The number of hydrogen-bond acceptors (Lipinski definition) is 4. The van der Waals surface area contributed by atoms with E-state index < -0.39 is 0 Å². The number of methoxy groups -OCH3 is 1. The minimum atomic E-state index is -0.0461. The smallest absolute Gasteiger partial charge is 0.309 e. The quantitative estimate of drug-likeness (QED) is 0.603. The molecule has 1 aromatic rings. The Hall–Kier alpha value is -0.850. The van der Waals surface area contributed by atoms with Crippen molar-refractivity contribution in [2.75, 3.05) is 25.1 Å². The number of fused-ring (bicyclic) bond motifs is 1. The maximum absolute atomic E-state index is 11.4. The van der Waals surface area contributed by atoms with Crippen LogP contribution < -0.4 is 4.90 Å². The van der Waals surface area contributed by atoms with Crippen LogP contribution in [-0.2, 0) is 9.53 Å². The first-order chi connectivity index (χ1) is 8.20. The van der Waals surface area contributed by atoms with Gasteiger partial charge in [0, 0.05) is 22.9 Å². The van der Waals surface area contributed by atoms with E-state index in [0.717, 1.165) is 22.5 Å². The van der Waals surface area contributed by atoms with E-state index in [-0.39, 0.29) is 11.9 Å². The minimum Gasteiger partial charge on any atom is -0.469 e. The van der Waals surface area contributed by atoms with Crippen LogP contribution in [0.3, 0.4) is 0 Å². The summed E-state index contributed by atoms with van der Waals surface area (Å²) in [6, 6.07) is 4.10. The molecule has 90 valence electrons. The fourth-order valence-corrected chi connectivity index (χ4v) is 3.07. The fraction of sp³-hybridized carbons (Fsp3) is 0.500. The number of carbonyl (C=O) groups is 1. The highest BCUT2D eigenvalue weighted by molar-refractivity contribution is 14.1. The van der Waals surface area contributed by atoms with E-state index in [9.17, 15) is 4.79 Å². The molecule has 1 aliphatic heterocycles. The van der Waals surface area contributed by atoms with E-state index in [1.807, 2.05) is 12.3 Å². The van der Waals surface area contributed by atoms with Gasteiger partial charge < -0.3 is 9.64 Å². The Morgan fingerprint density at radius 1 is 1.47 bits per heavy atom. The minimum absolute atomic E-state index is 0.0461. The van der Waals surface area contributed by atoms with Gasteiger partial charge in [0.2, 0.25) is 0 Å². The van der Waals surface area contributed by atoms with E-state index in [4.69, 9.17) is 4.74 Å². The monoisotopic (exact) mass is 344 g/mol. The van der Waals surface area contributed by atoms with Crippen molar-refractivity contribution in [2.24, 2.45) is 17.8 Å². The number of carbonyl (C=O) groups excluding carboxylic acids is 1. The van der Waals surface area contributed by atoms with E-state index in [1.165, 1.54) is 7.11 Å². The predicted molar refractivity (Wildman–Crippen MR) is 71.7 cm³/mol. The number of piperidine rings is 1. The number of esters is 1. The zero-order valence-electron chi connectivity index (χ0n) is 9.47. The number of nitrogens with zero attached hydrogens (tertiary/aromatic N) is 2. The first-order valence-corrected chi connectivity index (χ1v) is 6.73. The summed E-state index contributed by atoms with van der Waals surface area (Å²) in [6.07, 6.45) is 1.87. The van der Waals surface area contributed by atoms with Gasteiger partial charge in [-0.05, 0) is 46.6 Å². The molecule has 2 heterocycles. The van der Waals surface area contributed by atoms with Crippen molar-refractivity contribution >= 4 is 34.4 Å². The van der Waals surface area contributed by atoms with Gasteiger partial charge in [-0.3, -0.25) is 4.79 Å². The Kier molecular flexibility index (Phi) is 2.72. The number of pyridine rings is 1. The molecule has 1 unspecified atom stereocenters. The van der Waals surface area contributed by atoms with E-state index in [1.54, 1.807) is 0 Å². The Labute approximate surface area is 113 Å². The normalized spacial score (nSPS) is 30.0. The van der Waals surface area contributed by atoms with Crippen LogP contribution in [0.2, 0.25) is 0 Å². The van der Waals surface area contributed by atoms with E-state index >= 15 is 0 Å². The Balaban J connectivity index is 1.65. The maximum Gasteiger partial charge on any atom is 0.309 e. The SMILES string of the molecule is COC(=O)C1[C@H]2CN(c3ccc(I)cn3)C[C@@H]12. The van der Waals surface area contributed by atoms with Crippen LogP contribution in [0.25, 0.3) is 0 Å². The average Bonchev–Trinajstić information content (AvgIpc) is 2.84. The number of rotatable bonds is 2. The van der Waals surface area contributed by atoms with Crippen molar-refractivity contribution in [3.63, 3.8) is 0 Å². The van der Waals surface area contributed by atoms with Gasteiger partial charge >= 0.3 is 5.97 Å². The summed E-state index contributed by atoms with van der Waals surface area (Å²) >= 11 is 2.25. The summed E-state index contributed by atoms with van der Waals surface area (Å²) in [5, 5.41) is 0. The molecule has 1 aromatic heterocycles. The summed E-state index contributed by atoms with van der Waals surface area (Å²) in [7, 11) is 1.47. The van der Waals surface area contributed by atoms with Crippen molar-refractivity contribution in [3.05, 3.63) is 21.9 Å². The summed E-state index contributed by atoms with van der Waals surface area (Å²) in [6.45, 7) is 1.86. The number of ether oxygens (including phenoxy) is 1. The topological polar surface area (TPSA) is 42.4 Å². The molecular weight excluding hydrogens is 331 g/mol. The van der Waals surface area contributed by atoms with Gasteiger partial charge in [-0.25, -0.2) is 4.98 Å². The van der Waals surface area contributed by atoms with Gasteiger partial charge in [0.1, 0.15) is 5.82 Å². The van der Waals surface area contributed by atoms with Crippen LogP contribution in [0.1, 0.15) is 0 Å². The zero-order valence-corrected chi connectivity index (χ0v) is 11.6. The highest BCUT2D eigenvalue weighted by Crippen LogP contribution is 2.52. The summed E-state index contributed by atoms with van der Waals surface area (Å²) in [5.74, 6) is 2.06. The van der Waals surface area contributed by atoms with Gasteiger partial charge in [0.25, 0.3) is 0 Å². The maximum atomic E-state index is 11.4. The molecule has 1 saturated carbocycles. The van der Waals surface area contributed by atoms with Crippen LogP contribution in [0.4, 0.5) is 5.82 Å².